The van der Waals surface area contributed by atoms with E-state index in [1.54, 1.807) is 27.7 Å². The van der Waals surface area contributed by atoms with Crippen LogP contribution in [0.15, 0.2) is 0 Å². The van der Waals surface area contributed by atoms with E-state index < -0.39 is 31.9 Å². The van der Waals surface area contributed by atoms with Crippen molar-refractivity contribution < 1.29 is 26.4 Å². The van der Waals surface area contributed by atoms with Crippen LogP contribution in [-0.2, 0) is 14.5 Å². The fourth-order valence-corrected chi connectivity index (χ4v) is 3.71. The molecule has 1 aliphatic heterocycles. The van der Waals surface area contributed by atoms with Gasteiger partial charge in [0.1, 0.15) is 18.2 Å². The SMILES string of the molecule is C[C@H]1C[N+](C(=O)O)(C(C)(C)C)S(=O)(=O)O1. The summed E-state index contributed by atoms with van der Waals surface area (Å²) in [7, 11) is -4.12. The Morgan fingerprint density at radius 1 is 1.47 bits per heavy atom. The zero-order valence-corrected chi connectivity index (χ0v) is 10.0. The summed E-state index contributed by atoms with van der Waals surface area (Å²) in [5.41, 5.74) is -0.963. The maximum Gasteiger partial charge on any atom is 0.531 e. The van der Waals surface area contributed by atoms with Crippen molar-refractivity contribution in [1.29, 1.82) is 0 Å². The minimum Gasteiger partial charge on any atom is -0.434 e. The quantitative estimate of drug-likeness (QED) is 0.635. The van der Waals surface area contributed by atoms with Gasteiger partial charge in [-0.15, -0.1) is 8.42 Å². The number of carbonyl (C=O) groups is 1. The molecule has 1 heterocycles. The van der Waals surface area contributed by atoms with Gasteiger partial charge >= 0.3 is 16.4 Å². The van der Waals surface area contributed by atoms with Gasteiger partial charge in [-0.1, -0.05) is 3.89 Å². The number of hydrogen-bond acceptors (Lipinski definition) is 4. The van der Waals surface area contributed by atoms with Crippen molar-refractivity contribution in [2.24, 2.45) is 0 Å². The predicted octanol–water partition coefficient (Wildman–Crippen LogP) is 0.943. The molecule has 2 atom stereocenters. The van der Waals surface area contributed by atoms with E-state index in [2.05, 4.69) is 0 Å². The van der Waals surface area contributed by atoms with E-state index in [-0.39, 0.29) is 6.54 Å². The molecule has 1 N–H and O–H groups in total. The molecule has 0 aromatic rings. The number of carboxylic acid groups (broad SMARTS) is 1. The highest BCUT2D eigenvalue weighted by Crippen LogP contribution is 2.37. The first-order chi connectivity index (χ1) is 6.54. The molecular weight excluding hydrogens is 222 g/mol. The summed E-state index contributed by atoms with van der Waals surface area (Å²) < 4.78 is 27.2. The molecule has 7 heteroatoms. The molecule has 6 nitrogen and oxygen atoms in total. The third kappa shape index (κ3) is 1.54. The molecule has 1 amide bonds. The Bertz CT molecular complexity index is 382. The first-order valence-electron chi connectivity index (χ1n) is 4.60. The lowest BCUT2D eigenvalue weighted by molar-refractivity contribution is -0.779. The van der Waals surface area contributed by atoms with E-state index in [4.69, 9.17) is 9.29 Å². The molecule has 15 heavy (non-hydrogen) atoms. The molecule has 1 rings (SSSR count). The minimum atomic E-state index is -4.12. The second-order valence-corrected chi connectivity index (χ2v) is 6.38. The standard InChI is InChI=1S/C8H15NO5S/c1-6-5-9(7(10)11,8(2,3)4)15(12,13)14-6/h6H,5H2,1-4H3/p+1/t6-,9?/m0/s1. The molecular formula is C8H16NO5S+. The van der Waals surface area contributed by atoms with Crippen molar-refractivity contribution in [3.8, 4) is 0 Å². The highest BCUT2D eigenvalue weighted by atomic mass is 32.2. The predicted molar refractivity (Wildman–Crippen MR) is 52.4 cm³/mol. The second-order valence-electron chi connectivity index (χ2n) is 4.71. The highest BCUT2D eigenvalue weighted by Gasteiger charge is 2.65. The van der Waals surface area contributed by atoms with Crippen LogP contribution in [0.5, 0.6) is 0 Å². The fourth-order valence-electron chi connectivity index (χ4n) is 1.83. The summed E-state index contributed by atoms with van der Waals surface area (Å²) in [5.74, 6) is 0. The number of amides is 1. The van der Waals surface area contributed by atoms with Crippen molar-refractivity contribution in [1.82, 2.24) is 0 Å². The Morgan fingerprint density at radius 3 is 2.07 bits per heavy atom. The van der Waals surface area contributed by atoms with Crippen molar-refractivity contribution in [3.05, 3.63) is 0 Å². The molecule has 0 aliphatic carbocycles. The molecule has 0 spiro atoms. The number of quaternary nitrogens is 1. The van der Waals surface area contributed by atoms with Crippen LogP contribution in [-0.4, -0.2) is 41.7 Å². The molecule has 0 radical (unpaired) electrons. The first kappa shape index (κ1) is 12.4. The average Bonchev–Trinajstić information content (AvgIpc) is 2.18. The van der Waals surface area contributed by atoms with Crippen molar-refractivity contribution in [2.45, 2.75) is 39.3 Å². The summed E-state index contributed by atoms with van der Waals surface area (Å²) in [5, 5.41) is 9.17. The number of hydrogen-bond donors (Lipinski definition) is 1. The van der Waals surface area contributed by atoms with Gasteiger partial charge in [0.05, 0.1) is 0 Å². The lowest BCUT2D eigenvalue weighted by atomic mass is 10.1. The Morgan fingerprint density at radius 2 is 1.93 bits per heavy atom. The zero-order valence-electron chi connectivity index (χ0n) is 9.22. The van der Waals surface area contributed by atoms with Crippen LogP contribution in [0, 0.1) is 0 Å². The molecule has 0 bridgehead atoms. The molecule has 88 valence electrons. The van der Waals surface area contributed by atoms with Crippen LogP contribution in [0.4, 0.5) is 4.79 Å². The molecule has 1 unspecified atom stereocenters. The first-order valence-corrected chi connectivity index (χ1v) is 5.96. The second kappa shape index (κ2) is 3.16. The Kier molecular flexibility index (Phi) is 2.62. The van der Waals surface area contributed by atoms with Gasteiger partial charge in [0.15, 0.2) is 0 Å². The van der Waals surface area contributed by atoms with Crippen LogP contribution in [0.1, 0.15) is 27.7 Å². The van der Waals surface area contributed by atoms with E-state index in [1.165, 1.54) is 0 Å². The molecule has 1 saturated heterocycles. The Labute approximate surface area is 89.3 Å². The van der Waals surface area contributed by atoms with Gasteiger partial charge in [-0.25, -0.2) is 4.18 Å². The maximum absolute atomic E-state index is 11.8. The van der Waals surface area contributed by atoms with Gasteiger partial charge in [0.25, 0.3) is 0 Å². The third-order valence-corrected chi connectivity index (χ3v) is 4.76. The summed E-state index contributed by atoms with van der Waals surface area (Å²) in [6, 6.07) is 0. The smallest absolute Gasteiger partial charge is 0.434 e. The average molecular weight is 238 g/mol. The summed E-state index contributed by atoms with van der Waals surface area (Å²) in [6.45, 7) is 6.19. The van der Waals surface area contributed by atoms with Gasteiger partial charge in [-0.05, 0) is 27.7 Å². The highest BCUT2D eigenvalue weighted by molar-refractivity contribution is 7.81. The summed E-state index contributed by atoms with van der Waals surface area (Å²) in [6.07, 6.45) is -2.00. The molecule has 0 aromatic carbocycles. The minimum absolute atomic E-state index is 0.0683. The monoisotopic (exact) mass is 238 g/mol. The summed E-state index contributed by atoms with van der Waals surface area (Å²) >= 11 is 0. The van der Waals surface area contributed by atoms with Crippen molar-refractivity contribution in [3.63, 3.8) is 0 Å². The van der Waals surface area contributed by atoms with E-state index in [0.717, 1.165) is 0 Å². The Hall–Kier alpha value is -0.660. The van der Waals surface area contributed by atoms with Gasteiger partial charge in [0, 0.05) is 0 Å². The van der Waals surface area contributed by atoms with Crippen LogP contribution >= 0.6 is 0 Å². The normalized spacial score (nSPS) is 35.3. The van der Waals surface area contributed by atoms with Gasteiger partial charge in [-0.3, -0.25) is 0 Å². The van der Waals surface area contributed by atoms with E-state index >= 15 is 0 Å². The lowest BCUT2D eigenvalue weighted by Crippen LogP contribution is -2.64. The number of nitrogens with zero attached hydrogens (tertiary/aromatic N) is 1. The van der Waals surface area contributed by atoms with E-state index in [1.807, 2.05) is 0 Å². The van der Waals surface area contributed by atoms with Gasteiger partial charge < -0.3 is 5.11 Å². The van der Waals surface area contributed by atoms with Crippen molar-refractivity contribution in [2.75, 3.05) is 6.54 Å². The van der Waals surface area contributed by atoms with Gasteiger partial charge in [0.2, 0.25) is 0 Å². The number of rotatable bonds is 0. The molecule has 0 aromatic heterocycles. The maximum atomic E-state index is 11.8. The molecule has 0 saturated carbocycles. The van der Waals surface area contributed by atoms with Crippen LogP contribution in [0.3, 0.4) is 0 Å². The van der Waals surface area contributed by atoms with Crippen LogP contribution in [0.25, 0.3) is 0 Å². The van der Waals surface area contributed by atoms with Crippen molar-refractivity contribution >= 4 is 16.4 Å². The Balaban J connectivity index is 3.44. The topological polar surface area (TPSA) is 80.7 Å². The van der Waals surface area contributed by atoms with Gasteiger partial charge in [-0.2, -0.15) is 4.79 Å². The molecule has 1 aliphatic rings. The van der Waals surface area contributed by atoms with Crippen LogP contribution < -0.4 is 0 Å². The fraction of sp³-hybridized carbons (Fsp3) is 0.875. The van der Waals surface area contributed by atoms with E-state index in [9.17, 15) is 13.2 Å². The van der Waals surface area contributed by atoms with E-state index in [0.29, 0.717) is 0 Å². The third-order valence-electron chi connectivity index (χ3n) is 2.57. The largest absolute Gasteiger partial charge is 0.531 e. The summed E-state index contributed by atoms with van der Waals surface area (Å²) in [4.78, 5) is 11.2. The lowest BCUT2D eigenvalue weighted by Gasteiger charge is -2.35. The van der Waals surface area contributed by atoms with Crippen LogP contribution in [0.2, 0.25) is 0 Å². The molecule has 1 fully saturated rings. The zero-order chi connectivity index (χ0) is 12.1.